The Balaban J connectivity index is 1.46. The summed E-state index contributed by atoms with van der Waals surface area (Å²) in [7, 11) is 1.64. The van der Waals surface area contributed by atoms with Crippen LogP contribution in [0.2, 0.25) is 0 Å². The lowest BCUT2D eigenvalue weighted by molar-refractivity contribution is -0.128. The number of likely N-dealkylation sites (N-methyl/N-ethyl adjacent to an activating group) is 1. The van der Waals surface area contributed by atoms with Crippen molar-refractivity contribution in [2.75, 3.05) is 32.0 Å². The standard InChI is InChI=1S/C27H31N5O2/c1-20-10-11-23(15-24(20)30-17-22-9-6-12-29-16-22)27(34)32-14-13-31(25(19-32)26(33)28-2)18-21-7-4-3-5-8-21/h3-12,15-16,25,30H,13-14,17-19H2,1-2H3,(H,28,33)/t25-/m0/s1. The number of nitrogens with one attached hydrogen (secondary N) is 2. The summed E-state index contributed by atoms with van der Waals surface area (Å²) >= 11 is 0. The molecule has 0 spiro atoms. The van der Waals surface area contributed by atoms with Gasteiger partial charge in [0.25, 0.3) is 5.91 Å². The van der Waals surface area contributed by atoms with Gasteiger partial charge in [-0.1, -0.05) is 42.5 Å². The van der Waals surface area contributed by atoms with Crippen LogP contribution in [0.3, 0.4) is 0 Å². The summed E-state index contributed by atoms with van der Waals surface area (Å²) in [5.74, 6) is -0.131. The molecule has 2 aromatic carbocycles. The van der Waals surface area contributed by atoms with E-state index in [0.29, 0.717) is 38.3 Å². The van der Waals surface area contributed by atoms with E-state index >= 15 is 0 Å². The van der Waals surface area contributed by atoms with Gasteiger partial charge in [-0.25, -0.2) is 0 Å². The van der Waals surface area contributed by atoms with Gasteiger partial charge in [0.15, 0.2) is 0 Å². The number of hydrogen-bond donors (Lipinski definition) is 2. The number of aryl methyl sites for hydroxylation is 1. The summed E-state index contributed by atoms with van der Waals surface area (Å²) in [4.78, 5) is 34.2. The van der Waals surface area contributed by atoms with Gasteiger partial charge in [-0.15, -0.1) is 0 Å². The fourth-order valence-electron chi connectivity index (χ4n) is 4.26. The van der Waals surface area contributed by atoms with Crippen molar-refractivity contribution in [3.63, 3.8) is 0 Å². The van der Waals surface area contributed by atoms with Crippen molar-refractivity contribution >= 4 is 17.5 Å². The molecule has 2 amide bonds. The minimum absolute atomic E-state index is 0.0577. The zero-order valence-corrected chi connectivity index (χ0v) is 19.7. The highest BCUT2D eigenvalue weighted by Gasteiger charge is 2.34. The Morgan fingerprint density at radius 3 is 2.56 bits per heavy atom. The second kappa shape index (κ2) is 10.9. The number of amides is 2. The van der Waals surface area contributed by atoms with Crippen molar-refractivity contribution in [1.29, 1.82) is 0 Å². The Morgan fingerprint density at radius 1 is 1.03 bits per heavy atom. The molecule has 1 aliphatic rings. The van der Waals surface area contributed by atoms with E-state index in [0.717, 1.165) is 22.4 Å². The molecule has 0 radical (unpaired) electrons. The van der Waals surface area contributed by atoms with Gasteiger partial charge in [0.2, 0.25) is 5.91 Å². The van der Waals surface area contributed by atoms with Crippen LogP contribution in [0.25, 0.3) is 0 Å². The number of carbonyl (C=O) groups is 2. The quantitative estimate of drug-likeness (QED) is 0.570. The summed E-state index contributed by atoms with van der Waals surface area (Å²) in [6, 6.07) is 19.4. The van der Waals surface area contributed by atoms with Crippen molar-refractivity contribution in [3.05, 3.63) is 95.3 Å². The molecule has 1 saturated heterocycles. The monoisotopic (exact) mass is 457 g/mol. The molecule has 4 rings (SSSR count). The number of rotatable bonds is 7. The first-order valence-corrected chi connectivity index (χ1v) is 11.6. The number of anilines is 1. The SMILES string of the molecule is CNC(=O)[C@@H]1CN(C(=O)c2ccc(C)c(NCc3cccnc3)c2)CCN1Cc1ccccc1. The molecule has 0 saturated carbocycles. The normalized spacial score (nSPS) is 16.2. The number of piperazine rings is 1. The zero-order chi connectivity index (χ0) is 23.9. The Morgan fingerprint density at radius 2 is 1.82 bits per heavy atom. The Labute approximate surface area is 200 Å². The molecule has 2 N–H and O–H groups in total. The van der Waals surface area contributed by atoms with E-state index in [9.17, 15) is 9.59 Å². The fraction of sp³-hybridized carbons (Fsp3) is 0.296. The molecule has 3 aromatic rings. The molecule has 1 aliphatic heterocycles. The van der Waals surface area contributed by atoms with E-state index in [1.54, 1.807) is 18.1 Å². The highest BCUT2D eigenvalue weighted by atomic mass is 16.2. The van der Waals surface area contributed by atoms with Crippen LogP contribution in [-0.4, -0.2) is 59.3 Å². The van der Waals surface area contributed by atoms with Crippen molar-refractivity contribution in [3.8, 4) is 0 Å². The largest absolute Gasteiger partial charge is 0.381 e. The highest BCUT2D eigenvalue weighted by molar-refractivity contribution is 5.96. The maximum atomic E-state index is 13.4. The summed E-state index contributed by atoms with van der Waals surface area (Å²) in [5.41, 5.74) is 4.82. The topological polar surface area (TPSA) is 77.6 Å². The smallest absolute Gasteiger partial charge is 0.254 e. The second-order valence-electron chi connectivity index (χ2n) is 8.58. The first-order chi connectivity index (χ1) is 16.5. The van der Waals surface area contributed by atoms with E-state index in [1.807, 2.05) is 61.7 Å². The number of pyridine rings is 1. The van der Waals surface area contributed by atoms with E-state index < -0.39 is 6.04 Å². The average molecular weight is 458 g/mol. The number of hydrogen-bond acceptors (Lipinski definition) is 5. The van der Waals surface area contributed by atoms with Crippen LogP contribution < -0.4 is 10.6 Å². The van der Waals surface area contributed by atoms with Crippen molar-refractivity contribution < 1.29 is 9.59 Å². The van der Waals surface area contributed by atoms with Crippen LogP contribution in [0, 0.1) is 6.92 Å². The van der Waals surface area contributed by atoms with Crippen molar-refractivity contribution in [2.24, 2.45) is 0 Å². The van der Waals surface area contributed by atoms with Gasteiger partial charge in [-0.05, 0) is 41.8 Å². The Kier molecular flexibility index (Phi) is 7.54. The van der Waals surface area contributed by atoms with Crippen molar-refractivity contribution in [1.82, 2.24) is 20.1 Å². The number of benzene rings is 2. The summed E-state index contributed by atoms with van der Waals surface area (Å²) < 4.78 is 0. The molecule has 1 aromatic heterocycles. The second-order valence-corrected chi connectivity index (χ2v) is 8.58. The van der Waals surface area contributed by atoms with E-state index in [2.05, 4.69) is 32.7 Å². The average Bonchev–Trinajstić information content (AvgIpc) is 2.89. The number of carbonyl (C=O) groups excluding carboxylic acids is 2. The Hall–Kier alpha value is -3.71. The molecule has 0 aliphatic carbocycles. The first-order valence-electron chi connectivity index (χ1n) is 11.6. The predicted octanol–water partition coefficient (Wildman–Crippen LogP) is 3.07. The van der Waals surface area contributed by atoms with Crippen LogP contribution in [0.1, 0.15) is 27.0 Å². The number of nitrogens with zero attached hydrogens (tertiary/aromatic N) is 3. The van der Waals surface area contributed by atoms with Gasteiger partial charge in [-0.2, -0.15) is 0 Å². The maximum Gasteiger partial charge on any atom is 0.254 e. The molecule has 2 heterocycles. The molecular formula is C27H31N5O2. The maximum absolute atomic E-state index is 13.4. The molecule has 0 unspecified atom stereocenters. The Bertz CT molecular complexity index is 1120. The predicted molar refractivity (Wildman–Crippen MR) is 133 cm³/mol. The van der Waals surface area contributed by atoms with Crippen LogP contribution in [0.4, 0.5) is 5.69 Å². The minimum Gasteiger partial charge on any atom is -0.381 e. The van der Waals surface area contributed by atoms with Crippen LogP contribution in [-0.2, 0) is 17.9 Å². The molecule has 0 bridgehead atoms. The van der Waals surface area contributed by atoms with Gasteiger partial charge in [0.05, 0.1) is 0 Å². The minimum atomic E-state index is -0.392. The zero-order valence-electron chi connectivity index (χ0n) is 19.7. The molecular weight excluding hydrogens is 426 g/mol. The molecule has 1 atom stereocenters. The lowest BCUT2D eigenvalue weighted by Gasteiger charge is -2.40. The first kappa shape index (κ1) is 23.4. The highest BCUT2D eigenvalue weighted by Crippen LogP contribution is 2.21. The number of aromatic nitrogens is 1. The van der Waals surface area contributed by atoms with E-state index in [1.165, 1.54) is 0 Å². The summed E-state index contributed by atoms with van der Waals surface area (Å²) in [6.45, 7) is 4.89. The molecule has 176 valence electrons. The van der Waals surface area contributed by atoms with Gasteiger partial charge >= 0.3 is 0 Å². The lowest BCUT2D eigenvalue weighted by Crippen LogP contribution is -2.59. The molecule has 34 heavy (non-hydrogen) atoms. The molecule has 1 fully saturated rings. The van der Waals surface area contributed by atoms with Crippen LogP contribution >= 0.6 is 0 Å². The lowest BCUT2D eigenvalue weighted by atomic mass is 10.1. The molecule has 7 nitrogen and oxygen atoms in total. The summed E-state index contributed by atoms with van der Waals surface area (Å²) in [5, 5.41) is 6.18. The van der Waals surface area contributed by atoms with Gasteiger partial charge in [0, 0.05) is 63.4 Å². The third-order valence-corrected chi connectivity index (χ3v) is 6.25. The van der Waals surface area contributed by atoms with Crippen molar-refractivity contribution in [2.45, 2.75) is 26.1 Å². The van der Waals surface area contributed by atoms with Gasteiger partial charge < -0.3 is 15.5 Å². The van der Waals surface area contributed by atoms with Crippen LogP contribution in [0.5, 0.6) is 0 Å². The van der Waals surface area contributed by atoms with Gasteiger partial charge in [-0.3, -0.25) is 19.5 Å². The van der Waals surface area contributed by atoms with E-state index in [4.69, 9.17) is 0 Å². The van der Waals surface area contributed by atoms with E-state index in [-0.39, 0.29) is 11.8 Å². The fourth-order valence-corrected chi connectivity index (χ4v) is 4.26. The van der Waals surface area contributed by atoms with Gasteiger partial charge in [0.1, 0.15) is 6.04 Å². The molecule has 7 heteroatoms. The summed E-state index contributed by atoms with van der Waals surface area (Å²) in [6.07, 6.45) is 3.57. The third kappa shape index (κ3) is 5.61. The van der Waals surface area contributed by atoms with Crippen LogP contribution in [0.15, 0.2) is 73.1 Å². The third-order valence-electron chi connectivity index (χ3n) is 6.25.